The van der Waals surface area contributed by atoms with Gasteiger partial charge in [-0.1, -0.05) is 29.3 Å². The summed E-state index contributed by atoms with van der Waals surface area (Å²) < 4.78 is 0. The number of thioether (sulfide) groups is 1. The molecule has 0 bridgehead atoms. The molecule has 2 atom stereocenters. The first-order valence-corrected chi connectivity index (χ1v) is 8.10. The predicted octanol–water partition coefficient (Wildman–Crippen LogP) is 3.04. The number of benzene rings is 1. The lowest BCUT2D eigenvalue weighted by atomic mass is 10.00. The van der Waals surface area contributed by atoms with Crippen molar-refractivity contribution in [1.82, 2.24) is 5.32 Å². The van der Waals surface area contributed by atoms with Gasteiger partial charge in [0.2, 0.25) is 0 Å². The summed E-state index contributed by atoms with van der Waals surface area (Å²) in [6, 6.07) is 6.79. The lowest BCUT2D eigenvalue weighted by molar-refractivity contribution is 0.173. The molecular formula is C16H25NOS. The Morgan fingerprint density at radius 3 is 2.53 bits per heavy atom. The highest BCUT2D eigenvalue weighted by Crippen LogP contribution is 2.38. The van der Waals surface area contributed by atoms with E-state index in [1.807, 2.05) is 18.8 Å². The molecule has 2 unspecified atom stereocenters. The molecule has 0 aromatic heterocycles. The van der Waals surface area contributed by atoms with Crippen LogP contribution in [0.25, 0.3) is 0 Å². The monoisotopic (exact) mass is 279 g/mol. The third-order valence-corrected chi connectivity index (χ3v) is 5.54. The van der Waals surface area contributed by atoms with Crippen molar-refractivity contribution >= 4 is 11.8 Å². The van der Waals surface area contributed by atoms with Crippen LogP contribution in [0.5, 0.6) is 0 Å². The molecule has 2 N–H and O–H groups in total. The number of aliphatic hydroxyl groups excluding tert-OH is 1. The summed E-state index contributed by atoms with van der Waals surface area (Å²) in [7, 11) is 1.97. The molecule has 1 saturated carbocycles. The predicted molar refractivity (Wildman–Crippen MR) is 83.7 cm³/mol. The van der Waals surface area contributed by atoms with E-state index in [2.05, 4.69) is 37.4 Å². The van der Waals surface area contributed by atoms with Gasteiger partial charge in [0.1, 0.15) is 0 Å². The molecule has 3 heteroatoms. The van der Waals surface area contributed by atoms with E-state index in [1.54, 1.807) is 0 Å². The molecule has 1 aromatic carbocycles. The Labute approximate surface area is 121 Å². The zero-order valence-corrected chi connectivity index (χ0v) is 13.0. The molecular weight excluding hydrogens is 254 g/mol. The van der Waals surface area contributed by atoms with E-state index in [9.17, 15) is 5.11 Å². The summed E-state index contributed by atoms with van der Waals surface area (Å²) in [5, 5.41) is 13.5. The Morgan fingerprint density at radius 1 is 1.32 bits per heavy atom. The molecule has 2 nitrogen and oxygen atoms in total. The SMILES string of the molecule is CNC1(CO)CCC(SCc2cc(C)cc(C)c2)C1. The molecule has 1 aromatic rings. The highest BCUT2D eigenvalue weighted by atomic mass is 32.2. The van der Waals surface area contributed by atoms with Crippen LogP contribution in [0, 0.1) is 13.8 Å². The Kier molecular flexibility index (Phi) is 4.93. The minimum absolute atomic E-state index is 0.0276. The fourth-order valence-electron chi connectivity index (χ4n) is 3.04. The van der Waals surface area contributed by atoms with E-state index in [0.29, 0.717) is 5.25 Å². The number of hydrogen-bond acceptors (Lipinski definition) is 3. The second-order valence-corrected chi connectivity index (χ2v) is 7.15. The van der Waals surface area contributed by atoms with Gasteiger partial charge in [0, 0.05) is 16.5 Å². The number of aryl methyl sites for hydroxylation is 2. The normalized spacial score (nSPS) is 26.8. The van der Waals surface area contributed by atoms with Crippen molar-refractivity contribution in [3.8, 4) is 0 Å². The lowest BCUT2D eigenvalue weighted by Gasteiger charge is -2.26. The average Bonchev–Trinajstić information content (AvgIpc) is 2.80. The van der Waals surface area contributed by atoms with Gasteiger partial charge in [-0.05, 0) is 45.7 Å². The fraction of sp³-hybridized carbons (Fsp3) is 0.625. The molecule has 1 aliphatic rings. The van der Waals surface area contributed by atoms with Crippen LogP contribution in [0.4, 0.5) is 0 Å². The summed E-state index contributed by atoms with van der Waals surface area (Å²) in [4.78, 5) is 0. The zero-order valence-electron chi connectivity index (χ0n) is 12.2. The highest BCUT2D eigenvalue weighted by Gasteiger charge is 2.37. The largest absolute Gasteiger partial charge is 0.394 e. The van der Waals surface area contributed by atoms with Crippen molar-refractivity contribution < 1.29 is 5.11 Å². The maximum Gasteiger partial charge on any atom is 0.0613 e. The van der Waals surface area contributed by atoms with Gasteiger partial charge in [-0.25, -0.2) is 0 Å². The van der Waals surface area contributed by atoms with Gasteiger partial charge < -0.3 is 10.4 Å². The average molecular weight is 279 g/mol. The van der Waals surface area contributed by atoms with Crippen LogP contribution in [0.3, 0.4) is 0 Å². The first-order chi connectivity index (χ1) is 9.07. The van der Waals surface area contributed by atoms with E-state index in [1.165, 1.54) is 23.1 Å². The van der Waals surface area contributed by atoms with Crippen LogP contribution >= 0.6 is 11.8 Å². The Hall–Kier alpha value is -0.510. The van der Waals surface area contributed by atoms with Crippen molar-refractivity contribution in [1.29, 1.82) is 0 Å². The summed E-state index contributed by atoms with van der Waals surface area (Å²) in [6.45, 7) is 4.58. The van der Waals surface area contributed by atoms with Crippen molar-refractivity contribution in [2.24, 2.45) is 0 Å². The number of hydrogen-bond donors (Lipinski definition) is 2. The molecule has 0 saturated heterocycles. The van der Waals surface area contributed by atoms with Crippen LogP contribution in [-0.4, -0.2) is 29.5 Å². The topological polar surface area (TPSA) is 32.3 Å². The zero-order chi connectivity index (χ0) is 13.9. The highest BCUT2D eigenvalue weighted by molar-refractivity contribution is 7.99. The van der Waals surface area contributed by atoms with Crippen molar-refractivity contribution in [2.45, 2.75) is 49.7 Å². The Balaban J connectivity index is 1.90. The minimum atomic E-state index is -0.0276. The van der Waals surface area contributed by atoms with Gasteiger partial charge >= 0.3 is 0 Å². The van der Waals surface area contributed by atoms with Gasteiger partial charge in [-0.2, -0.15) is 11.8 Å². The van der Waals surface area contributed by atoms with Crippen LogP contribution < -0.4 is 5.32 Å². The van der Waals surface area contributed by atoms with Crippen molar-refractivity contribution in [3.05, 3.63) is 34.9 Å². The summed E-state index contributed by atoms with van der Waals surface area (Å²) in [5.41, 5.74) is 4.09. The number of aliphatic hydroxyl groups is 1. The van der Waals surface area contributed by atoms with Crippen LogP contribution in [-0.2, 0) is 5.75 Å². The van der Waals surface area contributed by atoms with E-state index < -0.39 is 0 Å². The molecule has 1 fully saturated rings. The molecule has 0 amide bonds. The Morgan fingerprint density at radius 2 is 2.00 bits per heavy atom. The van der Waals surface area contributed by atoms with E-state index >= 15 is 0 Å². The molecule has 19 heavy (non-hydrogen) atoms. The number of rotatable bonds is 5. The van der Waals surface area contributed by atoms with Crippen LogP contribution in [0.15, 0.2) is 18.2 Å². The molecule has 0 aliphatic heterocycles. The van der Waals surface area contributed by atoms with E-state index in [4.69, 9.17) is 0 Å². The Bertz CT molecular complexity index is 409. The maximum absolute atomic E-state index is 9.52. The third-order valence-electron chi connectivity index (χ3n) is 4.16. The number of nitrogens with one attached hydrogen (secondary N) is 1. The first kappa shape index (κ1) is 14.9. The van der Waals surface area contributed by atoms with Gasteiger partial charge in [-0.15, -0.1) is 0 Å². The molecule has 2 rings (SSSR count). The van der Waals surface area contributed by atoms with Gasteiger partial charge in [-0.3, -0.25) is 0 Å². The molecule has 0 radical (unpaired) electrons. The van der Waals surface area contributed by atoms with Gasteiger partial charge in [0.05, 0.1) is 6.61 Å². The molecule has 1 aliphatic carbocycles. The first-order valence-electron chi connectivity index (χ1n) is 7.05. The lowest BCUT2D eigenvalue weighted by Crippen LogP contribution is -2.44. The standard InChI is InChI=1S/C16H25NOS/c1-12-6-13(2)8-14(7-12)10-19-15-4-5-16(9-15,11-18)17-3/h6-8,15,17-18H,4-5,9-11H2,1-3H3. The minimum Gasteiger partial charge on any atom is -0.394 e. The third kappa shape index (κ3) is 3.74. The fourth-order valence-corrected chi connectivity index (χ4v) is 4.35. The maximum atomic E-state index is 9.52. The van der Waals surface area contributed by atoms with Crippen LogP contribution in [0.1, 0.15) is 36.0 Å². The molecule has 0 spiro atoms. The van der Waals surface area contributed by atoms with Crippen LogP contribution in [0.2, 0.25) is 0 Å². The second-order valence-electron chi connectivity index (χ2n) is 5.86. The molecule has 106 valence electrons. The van der Waals surface area contributed by atoms with Gasteiger partial charge in [0.25, 0.3) is 0 Å². The van der Waals surface area contributed by atoms with E-state index in [-0.39, 0.29) is 12.1 Å². The quantitative estimate of drug-likeness (QED) is 0.869. The summed E-state index contributed by atoms with van der Waals surface area (Å²) >= 11 is 2.04. The van der Waals surface area contributed by atoms with Gasteiger partial charge in [0.15, 0.2) is 0 Å². The smallest absolute Gasteiger partial charge is 0.0613 e. The summed E-state index contributed by atoms with van der Waals surface area (Å²) in [6.07, 6.45) is 3.37. The number of likely N-dealkylation sites (N-methyl/N-ethyl adjacent to an activating group) is 1. The van der Waals surface area contributed by atoms with E-state index in [0.717, 1.165) is 18.6 Å². The van der Waals surface area contributed by atoms with Crippen molar-refractivity contribution in [2.75, 3.05) is 13.7 Å². The van der Waals surface area contributed by atoms with Crippen molar-refractivity contribution in [3.63, 3.8) is 0 Å². The summed E-state index contributed by atoms with van der Waals surface area (Å²) in [5.74, 6) is 1.08. The second kappa shape index (κ2) is 6.29. The molecule has 0 heterocycles.